The smallest absolute Gasteiger partial charge is 0.126 e. The Morgan fingerprint density at radius 3 is 2.50 bits per heavy atom. The van der Waals surface area contributed by atoms with E-state index in [-0.39, 0.29) is 17.7 Å². The first kappa shape index (κ1) is 11.1. The lowest BCUT2D eigenvalue weighted by Crippen LogP contribution is -2.18. The molecule has 2 N–H and O–H groups in total. The molecule has 0 spiro atoms. The molecule has 0 fully saturated rings. The summed E-state index contributed by atoms with van der Waals surface area (Å²) in [5, 5.41) is 0. The number of hydrogen-bond donors (Lipinski definition) is 1. The van der Waals surface area contributed by atoms with Gasteiger partial charge in [0.15, 0.2) is 0 Å². The van der Waals surface area contributed by atoms with Gasteiger partial charge in [-0.05, 0) is 42.1 Å². The van der Waals surface area contributed by atoms with E-state index in [0.29, 0.717) is 12.1 Å². The van der Waals surface area contributed by atoms with Gasteiger partial charge in [-0.15, -0.1) is 0 Å². The van der Waals surface area contributed by atoms with Crippen LogP contribution < -0.4 is 5.73 Å². The highest BCUT2D eigenvalue weighted by atomic mass is 19.1. The summed E-state index contributed by atoms with van der Waals surface area (Å²) < 4.78 is 26.2. The molecular formula is C11H15F2N. The summed E-state index contributed by atoms with van der Waals surface area (Å²) in [6, 6.07) is 3.52. The Balaban J connectivity index is 2.99. The van der Waals surface area contributed by atoms with Crippen molar-refractivity contribution in [2.45, 2.75) is 19.8 Å². The summed E-state index contributed by atoms with van der Waals surface area (Å²) in [4.78, 5) is 0. The van der Waals surface area contributed by atoms with Gasteiger partial charge in [0.1, 0.15) is 11.6 Å². The van der Waals surface area contributed by atoms with E-state index < -0.39 is 5.82 Å². The van der Waals surface area contributed by atoms with Gasteiger partial charge in [0.2, 0.25) is 0 Å². The topological polar surface area (TPSA) is 26.0 Å². The SMILES string of the molecule is CC(CN)C(C)c1cc(F)ccc1F. The predicted octanol–water partition coefficient (Wildman–Crippen LogP) is 2.66. The minimum absolute atomic E-state index is 0.0595. The minimum atomic E-state index is -0.405. The van der Waals surface area contributed by atoms with Gasteiger partial charge in [-0.3, -0.25) is 0 Å². The summed E-state index contributed by atoms with van der Waals surface area (Å²) in [6.45, 7) is 4.25. The second kappa shape index (κ2) is 4.51. The van der Waals surface area contributed by atoms with Crippen molar-refractivity contribution < 1.29 is 8.78 Å². The standard InChI is InChI=1S/C11H15F2N/c1-7(6-14)8(2)10-5-9(12)3-4-11(10)13/h3-5,7-8H,6,14H2,1-2H3. The Morgan fingerprint density at radius 2 is 1.93 bits per heavy atom. The van der Waals surface area contributed by atoms with Gasteiger partial charge in [-0.25, -0.2) is 8.78 Å². The average Bonchev–Trinajstić information content (AvgIpc) is 2.19. The number of halogens is 2. The molecule has 0 aliphatic heterocycles. The monoisotopic (exact) mass is 199 g/mol. The maximum absolute atomic E-state index is 13.3. The lowest BCUT2D eigenvalue weighted by molar-refractivity contribution is 0.471. The lowest BCUT2D eigenvalue weighted by atomic mass is 9.88. The van der Waals surface area contributed by atoms with Crippen molar-refractivity contribution in [2.24, 2.45) is 11.7 Å². The zero-order valence-electron chi connectivity index (χ0n) is 8.43. The number of benzene rings is 1. The largest absolute Gasteiger partial charge is 0.330 e. The van der Waals surface area contributed by atoms with Crippen molar-refractivity contribution in [3.63, 3.8) is 0 Å². The molecule has 2 unspecified atom stereocenters. The summed E-state index contributed by atoms with van der Waals surface area (Å²) in [7, 11) is 0. The van der Waals surface area contributed by atoms with Crippen molar-refractivity contribution in [3.8, 4) is 0 Å². The highest BCUT2D eigenvalue weighted by Crippen LogP contribution is 2.26. The molecule has 1 rings (SSSR count). The fourth-order valence-electron chi connectivity index (χ4n) is 1.37. The van der Waals surface area contributed by atoms with Gasteiger partial charge in [0.25, 0.3) is 0 Å². The third-order valence-electron chi connectivity index (χ3n) is 2.67. The van der Waals surface area contributed by atoms with Crippen molar-refractivity contribution in [2.75, 3.05) is 6.54 Å². The molecule has 0 bridgehead atoms. The summed E-state index contributed by atoms with van der Waals surface area (Å²) in [5.41, 5.74) is 5.89. The van der Waals surface area contributed by atoms with Gasteiger partial charge < -0.3 is 5.73 Å². The third kappa shape index (κ3) is 2.29. The molecule has 3 heteroatoms. The van der Waals surface area contributed by atoms with Crippen LogP contribution in [0.3, 0.4) is 0 Å². The zero-order chi connectivity index (χ0) is 10.7. The first-order valence-electron chi connectivity index (χ1n) is 4.71. The molecule has 0 saturated heterocycles. The van der Waals surface area contributed by atoms with Crippen LogP contribution >= 0.6 is 0 Å². The zero-order valence-corrected chi connectivity index (χ0v) is 8.43. The number of hydrogen-bond acceptors (Lipinski definition) is 1. The van der Waals surface area contributed by atoms with Crippen LogP contribution in [-0.2, 0) is 0 Å². The molecule has 0 aliphatic carbocycles. The van der Waals surface area contributed by atoms with Crippen LogP contribution in [0.2, 0.25) is 0 Å². The first-order valence-corrected chi connectivity index (χ1v) is 4.71. The van der Waals surface area contributed by atoms with E-state index in [2.05, 4.69) is 0 Å². The van der Waals surface area contributed by atoms with E-state index in [1.807, 2.05) is 13.8 Å². The fraction of sp³-hybridized carbons (Fsp3) is 0.455. The van der Waals surface area contributed by atoms with Gasteiger partial charge >= 0.3 is 0 Å². The van der Waals surface area contributed by atoms with Gasteiger partial charge in [-0.2, -0.15) is 0 Å². The lowest BCUT2D eigenvalue weighted by Gasteiger charge is -2.19. The molecule has 0 aromatic heterocycles. The van der Waals surface area contributed by atoms with Gasteiger partial charge in [-0.1, -0.05) is 13.8 Å². The minimum Gasteiger partial charge on any atom is -0.330 e. The maximum atomic E-state index is 13.3. The normalized spacial score (nSPS) is 15.2. The van der Waals surface area contributed by atoms with E-state index in [9.17, 15) is 8.78 Å². The van der Waals surface area contributed by atoms with Crippen molar-refractivity contribution in [1.82, 2.24) is 0 Å². The van der Waals surface area contributed by atoms with Crippen molar-refractivity contribution >= 4 is 0 Å². The molecule has 78 valence electrons. The summed E-state index contributed by atoms with van der Waals surface area (Å²) in [6.07, 6.45) is 0. The molecule has 0 aliphatic rings. The van der Waals surface area contributed by atoms with Crippen LogP contribution in [0, 0.1) is 17.6 Å². The Labute approximate surface area is 82.9 Å². The Hall–Kier alpha value is -0.960. The van der Waals surface area contributed by atoms with Gasteiger partial charge in [0.05, 0.1) is 0 Å². The summed E-state index contributed by atoms with van der Waals surface area (Å²) in [5.74, 6) is -0.682. The molecule has 1 aromatic rings. The Morgan fingerprint density at radius 1 is 1.29 bits per heavy atom. The fourth-order valence-corrected chi connectivity index (χ4v) is 1.37. The molecule has 0 saturated carbocycles. The molecule has 0 radical (unpaired) electrons. The Kier molecular flexibility index (Phi) is 3.58. The van der Waals surface area contributed by atoms with Crippen LogP contribution in [-0.4, -0.2) is 6.54 Å². The highest BCUT2D eigenvalue weighted by molar-refractivity contribution is 5.22. The van der Waals surface area contributed by atoms with E-state index in [4.69, 9.17) is 5.73 Å². The van der Waals surface area contributed by atoms with Crippen LogP contribution in [0.5, 0.6) is 0 Å². The molecular weight excluding hydrogens is 184 g/mol. The summed E-state index contributed by atoms with van der Waals surface area (Å²) >= 11 is 0. The molecule has 0 heterocycles. The van der Waals surface area contributed by atoms with Crippen LogP contribution in [0.15, 0.2) is 18.2 Å². The molecule has 14 heavy (non-hydrogen) atoms. The second-order valence-corrected chi connectivity index (χ2v) is 3.67. The van der Waals surface area contributed by atoms with Crippen LogP contribution in [0.1, 0.15) is 25.3 Å². The second-order valence-electron chi connectivity index (χ2n) is 3.67. The van der Waals surface area contributed by atoms with E-state index >= 15 is 0 Å². The van der Waals surface area contributed by atoms with Crippen molar-refractivity contribution in [3.05, 3.63) is 35.4 Å². The third-order valence-corrected chi connectivity index (χ3v) is 2.67. The average molecular weight is 199 g/mol. The van der Waals surface area contributed by atoms with E-state index in [0.717, 1.165) is 12.1 Å². The van der Waals surface area contributed by atoms with E-state index in [1.165, 1.54) is 6.07 Å². The molecule has 1 nitrogen and oxygen atoms in total. The van der Waals surface area contributed by atoms with Crippen molar-refractivity contribution in [1.29, 1.82) is 0 Å². The maximum Gasteiger partial charge on any atom is 0.126 e. The van der Waals surface area contributed by atoms with Crippen LogP contribution in [0.4, 0.5) is 8.78 Å². The number of nitrogens with two attached hydrogens (primary N) is 1. The first-order chi connectivity index (χ1) is 6.56. The molecule has 2 atom stereocenters. The Bertz CT molecular complexity index is 312. The highest BCUT2D eigenvalue weighted by Gasteiger charge is 2.17. The van der Waals surface area contributed by atoms with E-state index in [1.54, 1.807) is 0 Å². The van der Waals surface area contributed by atoms with Gasteiger partial charge in [0, 0.05) is 0 Å². The molecule has 1 aromatic carbocycles. The number of rotatable bonds is 3. The molecule has 0 amide bonds. The predicted molar refractivity (Wildman–Crippen MR) is 53.0 cm³/mol. The quantitative estimate of drug-likeness (QED) is 0.795. The van der Waals surface area contributed by atoms with Crippen LogP contribution in [0.25, 0.3) is 0 Å².